The molecule has 0 heterocycles. The quantitative estimate of drug-likeness (QED) is 0.0262. The number of carbonyl (C=O) groups excluding carboxylic acids is 3. The highest BCUT2D eigenvalue weighted by Crippen LogP contribution is 2.17. The van der Waals surface area contributed by atoms with Gasteiger partial charge < -0.3 is 14.2 Å². The molecule has 0 N–H and O–H groups in total. The number of rotatable bonds is 53. The molecule has 0 aliphatic rings. The van der Waals surface area contributed by atoms with Crippen LogP contribution in [-0.2, 0) is 28.6 Å². The third-order valence-corrected chi connectivity index (χ3v) is 13.0. The van der Waals surface area contributed by atoms with Gasteiger partial charge in [-0.1, -0.05) is 270 Å². The zero-order valence-electron chi connectivity index (χ0n) is 43.8. The molecule has 0 aromatic carbocycles. The summed E-state index contributed by atoms with van der Waals surface area (Å²) in [6.45, 7) is 6.57. The lowest BCUT2D eigenvalue weighted by molar-refractivity contribution is -0.167. The maximum Gasteiger partial charge on any atom is 0.306 e. The van der Waals surface area contributed by atoms with E-state index in [1.807, 2.05) is 0 Å². The van der Waals surface area contributed by atoms with Crippen molar-refractivity contribution in [3.63, 3.8) is 0 Å². The van der Waals surface area contributed by atoms with Crippen LogP contribution in [0.2, 0.25) is 0 Å². The molecule has 0 rings (SSSR count). The van der Waals surface area contributed by atoms with Crippen molar-refractivity contribution in [1.82, 2.24) is 0 Å². The van der Waals surface area contributed by atoms with Crippen LogP contribution in [0, 0.1) is 0 Å². The first kappa shape index (κ1) is 62.9. The smallest absolute Gasteiger partial charge is 0.306 e. The number of hydrogen-bond acceptors (Lipinski definition) is 6. The third kappa shape index (κ3) is 52.7. The average Bonchev–Trinajstić information content (AvgIpc) is 3.30. The molecular weight excluding hydrogens is 805 g/mol. The van der Waals surface area contributed by atoms with Gasteiger partial charge in [-0.3, -0.25) is 14.4 Å². The standard InChI is InChI=1S/C59H110O6/c1-4-7-10-13-15-17-19-21-23-25-26-27-28-29-30-31-32-34-35-37-39-41-43-46-49-52-58(61)64-55-56(54-63-57(60)51-48-45-12-9-6-3)65-59(62)53-50-47-44-42-40-38-36-33-24-22-20-18-16-14-11-8-5-2/h16,18,22,24,56H,4-15,17,19-21,23,25-55H2,1-3H3/b18-16-,24-22-. The van der Waals surface area contributed by atoms with E-state index in [-0.39, 0.29) is 31.1 Å². The second-order valence-electron chi connectivity index (χ2n) is 19.6. The molecule has 6 nitrogen and oxygen atoms in total. The van der Waals surface area contributed by atoms with Gasteiger partial charge in [-0.05, 0) is 51.4 Å². The molecule has 0 aliphatic heterocycles. The highest BCUT2D eigenvalue weighted by atomic mass is 16.6. The number of ether oxygens (including phenoxy) is 3. The highest BCUT2D eigenvalue weighted by molar-refractivity contribution is 5.71. The van der Waals surface area contributed by atoms with Crippen LogP contribution >= 0.6 is 0 Å². The summed E-state index contributed by atoms with van der Waals surface area (Å²) in [6, 6.07) is 0. The number of unbranched alkanes of at least 4 members (excludes halogenated alkanes) is 38. The van der Waals surface area contributed by atoms with E-state index in [4.69, 9.17) is 14.2 Å². The van der Waals surface area contributed by atoms with E-state index < -0.39 is 6.10 Å². The second kappa shape index (κ2) is 54.5. The van der Waals surface area contributed by atoms with Gasteiger partial charge >= 0.3 is 17.9 Å². The van der Waals surface area contributed by atoms with Crippen LogP contribution in [0.4, 0.5) is 0 Å². The van der Waals surface area contributed by atoms with Gasteiger partial charge in [-0.15, -0.1) is 0 Å². The van der Waals surface area contributed by atoms with Gasteiger partial charge in [-0.25, -0.2) is 0 Å². The van der Waals surface area contributed by atoms with E-state index in [9.17, 15) is 14.4 Å². The molecule has 0 radical (unpaired) electrons. The van der Waals surface area contributed by atoms with E-state index in [2.05, 4.69) is 45.1 Å². The lowest BCUT2D eigenvalue weighted by Gasteiger charge is -2.18. The summed E-state index contributed by atoms with van der Waals surface area (Å²) in [5, 5.41) is 0. The number of hydrogen-bond donors (Lipinski definition) is 0. The minimum Gasteiger partial charge on any atom is -0.462 e. The fraction of sp³-hybridized carbons (Fsp3) is 0.881. The van der Waals surface area contributed by atoms with Crippen molar-refractivity contribution in [3.8, 4) is 0 Å². The largest absolute Gasteiger partial charge is 0.462 e. The maximum atomic E-state index is 12.8. The van der Waals surface area contributed by atoms with Crippen molar-refractivity contribution in [1.29, 1.82) is 0 Å². The fourth-order valence-electron chi connectivity index (χ4n) is 8.59. The summed E-state index contributed by atoms with van der Waals surface area (Å²) in [6.07, 6.45) is 63.7. The Kier molecular flexibility index (Phi) is 52.7. The molecule has 0 saturated heterocycles. The molecule has 0 aliphatic carbocycles. The normalized spacial score (nSPS) is 12.1. The fourth-order valence-corrected chi connectivity index (χ4v) is 8.59. The van der Waals surface area contributed by atoms with Gasteiger partial charge in [0.15, 0.2) is 6.10 Å². The number of allylic oxidation sites excluding steroid dienone is 4. The second-order valence-corrected chi connectivity index (χ2v) is 19.6. The number of esters is 3. The van der Waals surface area contributed by atoms with Gasteiger partial charge in [0.2, 0.25) is 0 Å². The van der Waals surface area contributed by atoms with Crippen LogP contribution in [0.3, 0.4) is 0 Å². The van der Waals surface area contributed by atoms with Crippen LogP contribution in [0.5, 0.6) is 0 Å². The van der Waals surface area contributed by atoms with Crippen molar-refractivity contribution >= 4 is 17.9 Å². The van der Waals surface area contributed by atoms with Gasteiger partial charge in [0.25, 0.3) is 0 Å². The minimum atomic E-state index is -0.768. The zero-order chi connectivity index (χ0) is 47.2. The lowest BCUT2D eigenvalue weighted by Crippen LogP contribution is -2.30. The molecule has 0 bridgehead atoms. The lowest BCUT2D eigenvalue weighted by atomic mass is 10.0. The van der Waals surface area contributed by atoms with E-state index >= 15 is 0 Å². The van der Waals surface area contributed by atoms with Crippen LogP contribution in [0.15, 0.2) is 24.3 Å². The summed E-state index contributed by atoms with van der Waals surface area (Å²) in [5.74, 6) is -0.876. The van der Waals surface area contributed by atoms with Crippen LogP contribution in [0.25, 0.3) is 0 Å². The van der Waals surface area contributed by atoms with Gasteiger partial charge in [-0.2, -0.15) is 0 Å². The Morgan fingerprint density at radius 3 is 0.877 bits per heavy atom. The first-order valence-corrected chi connectivity index (χ1v) is 28.8. The molecular formula is C59H110O6. The summed E-state index contributed by atoms with van der Waals surface area (Å²) in [4.78, 5) is 37.8. The SMILES string of the molecule is CCCCC/C=C\C/C=C\CCCCCCCCCC(=O)OC(COC(=O)CCCCCCC)COC(=O)CCCCCCCCCCCCCCCCCCCCCCCCCCC. The average molecular weight is 916 g/mol. The van der Waals surface area contributed by atoms with Crippen molar-refractivity contribution < 1.29 is 28.6 Å². The van der Waals surface area contributed by atoms with Crippen LogP contribution in [0.1, 0.15) is 316 Å². The first-order valence-electron chi connectivity index (χ1n) is 28.8. The minimum absolute atomic E-state index is 0.0707. The summed E-state index contributed by atoms with van der Waals surface area (Å²) in [5.41, 5.74) is 0. The van der Waals surface area contributed by atoms with E-state index in [1.54, 1.807) is 0 Å². The van der Waals surface area contributed by atoms with E-state index in [0.29, 0.717) is 19.3 Å². The number of carbonyl (C=O) groups is 3. The molecule has 1 unspecified atom stereocenters. The predicted octanol–water partition coefficient (Wildman–Crippen LogP) is 19.1. The van der Waals surface area contributed by atoms with Crippen LogP contribution < -0.4 is 0 Å². The van der Waals surface area contributed by atoms with Gasteiger partial charge in [0.1, 0.15) is 13.2 Å². The van der Waals surface area contributed by atoms with Crippen molar-refractivity contribution in [3.05, 3.63) is 24.3 Å². The summed E-state index contributed by atoms with van der Waals surface area (Å²) in [7, 11) is 0. The topological polar surface area (TPSA) is 78.9 Å². The Labute approximate surface area is 404 Å². The molecule has 0 amide bonds. The molecule has 0 aromatic rings. The van der Waals surface area contributed by atoms with Gasteiger partial charge in [0.05, 0.1) is 0 Å². The first-order chi connectivity index (χ1) is 32.0. The third-order valence-electron chi connectivity index (χ3n) is 13.0. The molecule has 0 fully saturated rings. The zero-order valence-corrected chi connectivity index (χ0v) is 43.8. The Hall–Kier alpha value is -2.11. The van der Waals surface area contributed by atoms with E-state index in [0.717, 1.165) is 77.0 Å². The summed E-state index contributed by atoms with van der Waals surface area (Å²) < 4.78 is 16.7. The molecule has 1 atom stereocenters. The predicted molar refractivity (Wildman–Crippen MR) is 279 cm³/mol. The molecule has 0 aromatic heterocycles. The van der Waals surface area contributed by atoms with Gasteiger partial charge in [0, 0.05) is 19.3 Å². The highest BCUT2D eigenvalue weighted by Gasteiger charge is 2.19. The molecule has 6 heteroatoms. The Morgan fingerprint density at radius 1 is 0.308 bits per heavy atom. The van der Waals surface area contributed by atoms with Crippen molar-refractivity contribution in [2.45, 2.75) is 322 Å². The van der Waals surface area contributed by atoms with E-state index in [1.165, 1.54) is 199 Å². The Bertz CT molecular complexity index is 1050. The summed E-state index contributed by atoms with van der Waals surface area (Å²) >= 11 is 0. The molecule has 65 heavy (non-hydrogen) atoms. The van der Waals surface area contributed by atoms with Crippen molar-refractivity contribution in [2.24, 2.45) is 0 Å². The molecule has 0 spiro atoms. The maximum absolute atomic E-state index is 12.8. The van der Waals surface area contributed by atoms with Crippen molar-refractivity contribution in [2.75, 3.05) is 13.2 Å². The Morgan fingerprint density at radius 2 is 0.554 bits per heavy atom. The Balaban J connectivity index is 4.01. The monoisotopic (exact) mass is 915 g/mol. The molecule has 382 valence electrons. The van der Waals surface area contributed by atoms with Crippen LogP contribution in [-0.4, -0.2) is 37.2 Å². The molecule has 0 saturated carbocycles.